The minimum absolute atomic E-state index is 0.0197. The smallest absolute Gasteiger partial charge is 0.134 e. The molecule has 1 N–H and O–H groups in total. The van der Waals surface area contributed by atoms with E-state index in [0.29, 0.717) is 6.61 Å². The standard InChI is InChI=1S/C21H27NO3S/c1-3-4-11-22(2)12-13-24-18-8-5-16(6-9-18)20-15-26-21-14-17(23)7-10-19(21)25-20/h5-10,14,20,23H,3-4,11-13,15H2,1-2H3/t20-/m1/s1. The van der Waals surface area contributed by atoms with Gasteiger partial charge in [-0.25, -0.2) is 0 Å². The second-order valence-electron chi connectivity index (χ2n) is 6.62. The van der Waals surface area contributed by atoms with E-state index in [4.69, 9.17) is 9.47 Å². The molecule has 0 spiro atoms. The Bertz CT molecular complexity index is 705. The van der Waals surface area contributed by atoms with Crippen molar-refractivity contribution in [3.05, 3.63) is 48.0 Å². The molecule has 1 aliphatic rings. The summed E-state index contributed by atoms with van der Waals surface area (Å²) in [6, 6.07) is 13.4. The molecular weight excluding hydrogens is 346 g/mol. The number of phenols is 1. The van der Waals surface area contributed by atoms with Gasteiger partial charge in [-0.3, -0.25) is 0 Å². The second-order valence-corrected chi connectivity index (χ2v) is 7.68. The lowest BCUT2D eigenvalue weighted by molar-refractivity contribution is 0.219. The molecule has 5 heteroatoms. The molecule has 1 atom stereocenters. The average molecular weight is 374 g/mol. The number of aromatic hydroxyl groups is 1. The van der Waals surface area contributed by atoms with Crippen LogP contribution in [0.15, 0.2) is 47.4 Å². The molecule has 0 amide bonds. The molecule has 0 radical (unpaired) electrons. The van der Waals surface area contributed by atoms with Crippen molar-refractivity contribution in [2.45, 2.75) is 30.8 Å². The van der Waals surface area contributed by atoms with Crippen molar-refractivity contribution in [1.29, 1.82) is 0 Å². The molecule has 140 valence electrons. The third-order valence-corrected chi connectivity index (χ3v) is 5.57. The average Bonchev–Trinajstić information content (AvgIpc) is 2.66. The molecule has 4 nitrogen and oxygen atoms in total. The lowest BCUT2D eigenvalue weighted by atomic mass is 10.1. The van der Waals surface area contributed by atoms with E-state index in [-0.39, 0.29) is 11.9 Å². The predicted octanol–water partition coefficient (Wildman–Crippen LogP) is 4.73. The lowest BCUT2D eigenvalue weighted by Gasteiger charge is -2.26. The summed E-state index contributed by atoms with van der Waals surface area (Å²) in [5.41, 5.74) is 1.14. The van der Waals surface area contributed by atoms with Crippen LogP contribution in [0.5, 0.6) is 17.2 Å². The van der Waals surface area contributed by atoms with E-state index in [1.807, 2.05) is 18.2 Å². The van der Waals surface area contributed by atoms with Crippen molar-refractivity contribution in [2.75, 3.05) is 32.5 Å². The molecule has 26 heavy (non-hydrogen) atoms. The molecule has 2 aromatic rings. The number of likely N-dealkylation sites (N-methyl/N-ethyl adjacent to an activating group) is 1. The van der Waals surface area contributed by atoms with Gasteiger partial charge in [-0.15, -0.1) is 11.8 Å². The molecule has 3 rings (SSSR count). The van der Waals surface area contributed by atoms with Gasteiger partial charge in [0.05, 0.1) is 4.90 Å². The monoisotopic (exact) mass is 373 g/mol. The fourth-order valence-electron chi connectivity index (χ4n) is 2.86. The van der Waals surface area contributed by atoms with Crippen LogP contribution in [0.2, 0.25) is 0 Å². The fourth-order valence-corrected chi connectivity index (χ4v) is 3.92. The molecule has 0 aliphatic carbocycles. The number of unbranched alkanes of at least 4 members (excludes halogenated alkanes) is 1. The molecular formula is C21H27NO3S. The molecule has 1 aliphatic heterocycles. The van der Waals surface area contributed by atoms with Gasteiger partial charge < -0.3 is 19.5 Å². The number of fused-ring (bicyclic) bond motifs is 1. The van der Waals surface area contributed by atoms with Crippen molar-refractivity contribution >= 4 is 11.8 Å². The summed E-state index contributed by atoms with van der Waals surface area (Å²) in [5.74, 6) is 2.84. The number of rotatable bonds is 8. The Hall–Kier alpha value is -1.85. The van der Waals surface area contributed by atoms with Crippen LogP contribution in [0.1, 0.15) is 31.4 Å². The quantitative estimate of drug-likeness (QED) is 0.725. The maximum absolute atomic E-state index is 9.56. The van der Waals surface area contributed by atoms with E-state index in [9.17, 15) is 5.11 Å². The summed E-state index contributed by atoms with van der Waals surface area (Å²) in [7, 11) is 2.14. The zero-order valence-electron chi connectivity index (χ0n) is 15.5. The summed E-state index contributed by atoms with van der Waals surface area (Å²) in [5, 5.41) is 9.56. The molecule has 0 aromatic heterocycles. The van der Waals surface area contributed by atoms with Gasteiger partial charge in [0.1, 0.15) is 30.0 Å². The van der Waals surface area contributed by atoms with Crippen LogP contribution in [-0.4, -0.2) is 42.5 Å². The van der Waals surface area contributed by atoms with Gasteiger partial charge in [0, 0.05) is 12.3 Å². The third kappa shape index (κ3) is 5.08. The maximum atomic E-state index is 9.56. The normalized spacial score (nSPS) is 16.2. The Kier molecular flexibility index (Phi) is 6.69. The van der Waals surface area contributed by atoms with E-state index in [1.165, 1.54) is 12.8 Å². The van der Waals surface area contributed by atoms with E-state index in [2.05, 4.69) is 31.0 Å². The summed E-state index contributed by atoms with van der Waals surface area (Å²) in [6.07, 6.45) is 2.47. The largest absolute Gasteiger partial charge is 0.508 e. The minimum Gasteiger partial charge on any atom is -0.508 e. The van der Waals surface area contributed by atoms with Crippen molar-refractivity contribution in [2.24, 2.45) is 0 Å². The summed E-state index contributed by atoms with van der Waals surface area (Å²) in [6.45, 7) is 4.97. The molecule has 0 saturated carbocycles. The first-order valence-electron chi connectivity index (χ1n) is 9.19. The highest BCUT2D eigenvalue weighted by Gasteiger charge is 2.22. The Balaban J connectivity index is 1.51. The second kappa shape index (κ2) is 9.19. The highest BCUT2D eigenvalue weighted by Crippen LogP contribution is 2.42. The number of hydrogen-bond acceptors (Lipinski definition) is 5. The number of thioether (sulfide) groups is 1. The van der Waals surface area contributed by atoms with Crippen molar-refractivity contribution < 1.29 is 14.6 Å². The molecule has 0 unspecified atom stereocenters. The number of phenolic OH excluding ortho intramolecular Hbond substituents is 1. The number of nitrogens with zero attached hydrogens (tertiary/aromatic N) is 1. The van der Waals surface area contributed by atoms with Gasteiger partial charge in [-0.1, -0.05) is 25.5 Å². The third-order valence-electron chi connectivity index (χ3n) is 4.47. The van der Waals surface area contributed by atoms with Crippen molar-refractivity contribution in [1.82, 2.24) is 4.90 Å². The first-order chi connectivity index (χ1) is 12.7. The molecule has 2 aromatic carbocycles. The van der Waals surface area contributed by atoms with Gasteiger partial charge in [0.15, 0.2) is 0 Å². The molecule has 0 bridgehead atoms. The van der Waals surface area contributed by atoms with Gasteiger partial charge in [0.25, 0.3) is 0 Å². The first kappa shape index (κ1) is 18.9. The van der Waals surface area contributed by atoms with Crippen molar-refractivity contribution in [3.8, 4) is 17.2 Å². The van der Waals surface area contributed by atoms with Gasteiger partial charge >= 0.3 is 0 Å². The van der Waals surface area contributed by atoms with E-state index >= 15 is 0 Å². The molecule has 0 fully saturated rings. The fraction of sp³-hybridized carbons (Fsp3) is 0.429. The predicted molar refractivity (Wildman–Crippen MR) is 107 cm³/mol. The van der Waals surface area contributed by atoms with Crippen molar-refractivity contribution in [3.63, 3.8) is 0 Å². The Morgan fingerprint density at radius 2 is 2.00 bits per heavy atom. The number of benzene rings is 2. The number of hydrogen-bond donors (Lipinski definition) is 1. The van der Waals surface area contributed by atoms with E-state index < -0.39 is 0 Å². The zero-order chi connectivity index (χ0) is 18.4. The van der Waals surface area contributed by atoms with Crippen LogP contribution in [0.4, 0.5) is 0 Å². The van der Waals surface area contributed by atoms with Crippen LogP contribution < -0.4 is 9.47 Å². The van der Waals surface area contributed by atoms with Gasteiger partial charge in [-0.05, 0) is 55.9 Å². The van der Waals surface area contributed by atoms with E-state index in [0.717, 1.165) is 40.8 Å². The molecule has 1 heterocycles. The minimum atomic E-state index is 0.0197. The SMILES string of the molecule is CCCCN(C)CCOc1ccc([C@H]2CSc3cc(O)ccc3O2)cc1. The topological polar surface area (TPSA) is 41.9 Å². The Labute approximate surface area is 160 Å². The van der Waals surface area contributed by atoms with E-state index in [1.54, 1.807) is 23.9 Å². The highest BCUT2D eigenvalue weighted by atomic mass is 32.2. The molecule has 0 saturated heterocycles. The maximum Gasteiger partial charge on any atom is 0.134 e. The summed E-state index contributed by atoms with van der Waals surface area (Å²) in [4.78, 5) is 3.30. The number of ether oxygens (including phenoxy) is 2. The van der Waals surface area contributed by atoms with Crippen LogP contribution in [-0.2, 0) is 0 Å². The van der Waals surface area contributed by atoms with Crippen LogP contribution in [0.3, 0.4) is 0 Å². The summed E-state index contributed by atoms with van der Waals surface area (Å²) >= 11 is 1.71. The van der Waals surface area contributed by atoms with Crippen LogP contribution >= 0.6 is 11.8 Å². The van der Waals surface area contributed by atoms with Gasteiger partial charge in [0.2, 0.25) is 0 Å². The highest BCUT2D eigenvalue weighted by molar-refractivity contribution is 7.99. The summed E-state index contributed by atoms with van der Waals surface area (Å²) < 4.78 is 11.9. The van der Waals surface area contributed by atoms with Crippen LogP contribution in [0, 0.1) is 0 Å². The first-order valence-corrected chi connectivity index (χ1v) is 10.2. The Morgan fingerprint density at radius 1 is 1.19 bits per heavy atom. The Morgan fingerprint density at radius 3 is 2.77 bits per heavy atom. The van der Waals surface area contributed by atoms with Crippen LogP contribution in [0.25, 0.3) is 0 Å². The van der Waals surface area contributed by atoms with Gasteiger partial charge in [-0.2, -0.15) is 0 Å². The zero-order valence-corrected chi connectivity index (χ0v) is 16.3. The lowest BCUT2D eigenvalue weighted by Crippen LogP contribution is -2.25.